The van der Waals surface area contributed by atoms with Gasteiger partial charge in [0.2, 0.25) is 4.96 Å². The Morgan fingerprint density at radius 3 is 2.48 bits per heavy atom. The minimum atomic E-state index is -0.198. The molecular weight excluding hydrogens is 410 g/mol. The number of hydrogen-bond donors (Lipinski definition) is 0. The van der Waals surface area contributed by atoms with Crippen LogP contribution in [0.25, 0.3) is 15.5 Å². The van der Waals surface area contributed by atoms with E-state index in [0.717, 1.165) is 16.1 Å². The molecule has 8 heteroatoms. The largest absolute Gasteiger partial charge is 0.353 e. The zero-order valence-electron chi connectivity index (χ0n) is 17.1. The molecule has 2 aromatic carbocycles. The summed E-state index contributed by atoms with van der Waals surface area (Å²) in [6.07, 6.45) is 0. The summed E-state index contributed by atoms with van der Waals surface area (Å²) in [6.45, 7) is 4.42. The highest BCUT2D eigenvalue weighted by atomic mass is 32.1. The molecule has 0 saturated carbocycles. The Balaban J connectivity index is 1.35. The quantitative estimate of drug-likeness (QED) is 0.499. The van der Waals surface area contributed by atoms with E-state index in [-0.39, 0.29) is 11.5 Å². The van der Waals surface area contributed by atoms with Crippen molar-refractivity contribution >= 4 is 28.0 Å². The number of carbonyl (C=O) groups is 1. The summed E-state index contributed by atoms with van der Waals surface area (Å²) in [4.78, 5) is 34.6. The molecule has 1 fully saturated rings. The normalized spacial score (nSPS) is 14.2. The van der Waals surface area contributed by atoms with E-state index in [1.807, 2.05) is 66.4 Å². The zero-order chi connectivity index (χ0) is 21.4. The molecule has 7 nitrogen and oxygen atoms in total. The number of carbonyl (C=O) groups excluding carboxylic acids is 1. The molecule has 4 aromatic rings. The summed E-state index contributed by atoms with van der Waals surface area (Å²) in [6, 6.07) is 19.0. The first-order valence-electron chi connectivity index (χ1n) is 10.2. The summed E-state index contributed by atoms with van der Waals surface area (Å²) in [5.41, 5.74) is 2.55. The van der Waals surface area contributed by atoms with E-state index in [2.05, 4.69) is 15.0 Å². The Morgan fingerprint density at radius 2 is 1.74 bits per heavy atom. The maximum atomic E-state index is 12.8. The Bertz CT molecular complexity index is 1310. The van der Waals surface area contributed by atoms with Gasteiger partial charge in [-0.2, -0.15) is 9.61 Å². The van der Waals surface area contributed by atoms with Crippen molar-refractivity contribution in [1.29, 1.82) is 0 Å². The van der Waals surface area contributed by atoms with Gasteiger partial charge in [0, 0.05) is 43.4 Å². The molecule has 0 unspecified atom stereocenters. The van der Waals surface area contributed by atoms with Gasteiger partial charge in [0.1, 0.15) is 10.8 Å². The lowest BCUT2D eigenvalue weighted by atomic mass is 10.1. The van der Waals surface area contributed by atoms with Crippen LogP contribution in [-0.4, -0.2) is 51.6 Å². The number of piperazine rings is 1. The third-order valence-electron chi connectivity index (χ3n) is 5.41. The number of nitrogens with zero attached hydrogens (tertiary/aromatic N) is 5. The first-order chi connectivity index (χ1) is 15.1. The third kappa shape index (κ3) is 3.82. The number of fused-ring (bicyclic) bond motifs is 1. The van der Waals surface area contributed by atoms with Crippen molar-refractivity contribution in [3.8, 4) is 10.6 Å². The zero-order valence-corrected chi connectivity index (χ0v) is 17.9. The van der Waals surface area contributed by atoms with Gasteiger partial charge in [-0.15, -0.1) is 0 Å². The first kappa shape index (κ1) is 19.4. The lowest BCUT2D eigenvalue weighted by Gasteiger charge is -2.35. The SMILES string of the molecule is Cc1cccc(C(=O)N2CCN(c3cc(=O)n4nc(-c5ccccc5)sc4n3)CC2)c1. The van der Waals surface area contributed by atoms with Crippen LogP contribution in [0.1, 0.15) is 15.9 Å². The third-order valence-corrected chi connectivity index (χ3v) is 6.37. The van der Waals surface area contributed by atoms with Crippen LogP contribution in [0.15, 0.2) is 65.5 Å². The predicted molar refractivity (Wildman–Crippen MR) is 122 cm³/mol. The number of hydrogen-bond acceptors (Lipinski definition) is 6. The molecular formula is C23H21N5O2S. The summed E-state index contributed by atoms with van der Waals surface area (Å²) in [5.74, 6) is 0.678. The van der Waals surface area contributed by atoms with Crippen LogP contribution in [0.5, 0.6) is 0 Å². The van der Waals surface area contributed by atoms with Gasteiger partial charge >= 0.3 is 0 Å². The smallest absolute Gasteiger partial charge is 0.277 e. The molecule has 0 bridgehead atoms. The monoisotopic (exact) mass is 431 g/mol. The van der Waals surface area contributed by atoms with Crippen molar-refractivity contribution in [2.24, 2.45) is 0 Å². The number of rotatable bonds is 3. The van der Waals surface area contributed by atoms with Crippen molar-refractivity contribution in [2.75, 3.05) is 31.1 Å². The number of aromatic nitrogens is 3. The van der Waals surface area contributed by atoms with E-state index in [0.29, 0.717) is 42.5 Å². The van der Waals surface area contributed by atoms with Gasteiger partial charge in [0.05, 0.1) is 0 Å². The molecule has 0 N–H and O–H groups in total. The fourth-order valence-corrected chi connectivity index (χ4v) is 4.66. The highest BCUT2D eigenvalue weighted by molar-refractivity contribution is 7.19. The molecule has 0 atom stereocenters. The molecule has 0 radical (unpaired) electrons. The van der Waals surface area contributed by atoms with E-state index < -0.39 is 0 Å². The number of aryl methyl sites for hydroxylation is 1. The Kier molecular flexibility index (Phi) is 4.99. The average molecular weight is 432 g/mol. The van der Waals surface area contributed by atoms with Crippen LogP contribution in [0, 0.1) is 6.92 Å². The van der Waals surface area contributed by atoms with Gasteiger partial charge in [-0.1, -0.05) is 59.4 Å². The second-order valence-electron chi connectivity index (χ2n) is 7.57. The highest BCUT2D eigenvalue weighted by Crippen LogP contribution is 2.25. The second kappa shape index (κ2) is 7.96. The Hall–Kier alpha value is -3.52. The topological polar surface area (TPSA) is 70.8 Å². The van der Waals surface area contributed by atoms with Crippen molar-refractivity contribution in [2.45, 2.75) is 6.92 Å². The van der Waals surface area contributed by atoms with Crippen LogP contribution in [-0.2, 0) is 0 Å². The number of benzene rings is 2. The predicted octanol–water partition coefficient (Wildman–Crippen LogP) is 3.09. The van der Waals surface area contributed by atoms with Crippen LogP contribution < -0.4 is 10.5 Å². The van der Waals surface area contributed by atoms with Crippen molar-refractivity contribution in [1.82, 2.24) is 19.5 Å². The lowest BCUT2D eigenvalue weighted by molar-refractivity contribution is 0.0746. The van der Waals surface area contributed by atoms with Crippen molar-refractivity contribution in [3.63, 3.8) is 0 Å². The Labute approximate surface area is 183 Å². The van der Waals surface area contributed by atoms with Gasteiger partial charge < -0.3 is 9.80 Å². The van der Waals surface area contributed by atoms with Crippen LogP contribution >= 0.6 is 11.3 Å². The molecule has 0 aliphatic carbocycles. The molecule has 1 amide bonds. The van der Waals surface area contributed by atoms with Gasteiger partial charge in [-0.3, -0.25) is 9.59 Å². The number of anilines is 1. The van der Waals surface area contributed by atoms with Gasteiger partial charge in [-0.25, -0.2) is 4.98 Å². The fourth-order valence-electron chi connectivity index (χ4n) is 3.76. The summed E-state index contributed by atoms with van der Waals surface area (Å²) in [7, 11) is 0. The maximum Gasteiger partial charge on any atom is 0.277 e. The molecule has 1 aliphatic rings. The molecule has 5 rings (SSSR count). The summed E-state index contributed by atoms with van der Waals surface area (Å²) in [5, 5.41) is 5.19. The molecule has 1 saturated heterocycles. The summed E-state index contributed by atoms with van der Waals surface area (Å²) < 4.78 is 1.36. The summed E-state index contributed by atoms with van der Waals surface area (Å²) >= 11 is 1.40. The molecule has 156 valence electrons. The molecule has 31 heavy (non-hydrogen) atoms. The first-order valence-corrected chi connectivity index (χ1v) is 11.0. The van der Waals surface area contributed by atoms with E-state index >= 15 is 0 Å². The minimum absolute atomic E-state index is 0.0433. The van der Waals surface area contributed by atoms with Crippen LogP contribution in [0.4, 0.5) is 5.82 Å². The fraction of sp³-hybridized carbons (Fsp3) is 0.217. The average Bonchev–Trinajstić information content (AvgIpc) is 3.24. The molecule has 2 aromatic heterocycles. The van der Waals surface area contributed by atoms with Crippen LogP contribution in [0.3, 0.4) is 0 Å². The van der Waals surface area contributed by atoms with E-state index in [1.165, 1.54) is 21.9 Å². The van der Waals surface area contributed by atoms with Crippen LogP contribution in [0.2, 0.25) is 0 Å². The van der Waals surface area contributed by atoms with Crippen molar-refractivity contribution in [3.05, 3.63) is 82.1 Å². The lowest BCUT2D eigenvalue weighted by Crippen LogP contribution is -2.49. The molecule has 1 aliphatic heterocycles. The standard InChI is InChI=1S/C23H21N5O2S/c1-16-6-5-9-18(14-16)22(30)27-12-10-26(11-13-27)19-15-20(29)28-23(24-19)31-21(25-28)17-7-3-2-4-8-17/h2-9,14-15H,10-13H2,1H3. The van der Waals surface area contributed by atoms with Gasteiger partial charge in [0.25, 0.3) is 11.5 Å². The van der Waals surface area contributed by atoms with Gasteiger partial charge in [0.15, 0.2) is 0 Å². The van der Waals surface area contributed by atoms with E-state index in [1.54, 1.807) is 0 Å². The second-order valence-corrected chi connectivity index (χ2v) is 8.52. The van der Waals surface area contributed by atoms with E-state index in [4.69, 9.17) is 0 Å². The highest BCUT2D eigenvalue weighted by Gasteiger charge is 2.24. The van der Waals surface area contributed by atoms with Gasteiger partial charge in [-0.05, 0) is 19.1 Å². The Morgan fingerprint density at radius 1 is 0.968 bits per heavy atom. The molecule has 3 heterocycles. The molecule has 0 spiro atoms. The van der Waals surface area contributed by atoms with Crippen molar-refractivity contribution < 1.29 is 4.79 Å². The maximum absolute atomic E-state index is 12.8. The van der Waals surface area contributed by atoms with E-state index in [9.17, 15) is 9.59 Å². The number of amides is 1. The minimum Gasteiger partial charge on any atom is -0.353 e.